The lowest BCUT2D eigenvalue weighted by Gasteiger charge is -2.07. The Bertz CT molecular complexity index is 712. The quantitative estimate of drug-likeness (QED) is 0.787. The predicted molar refractivity (Wildman–Crippen MR) is 83.4 cm³/mol. The monoisotopic (exact) mass is 324 g/mol. The van der Waals surface area contributed by atoms with Gasteiger partial charge in [0.25, 0.3) is 5.91 Å². The molecule has 0 saturated carbocycles. The van der Waals surface area contributed by atoms with Crippen molar-refractivity contribution < 1.29 is 18.9 Å². The fourth-order valence-electron chi connectivity index (χ4n) is 1.59. The molecule has 0 aliphatic heterocycles. The average molecular weight is 324 g/mol. The van der Waals surface area contributed by atoms with E-state index >= 15 is 0 Å². The first kappa shape index (κ1) is 15.2. The molecule has 3 N–H and O–H groups in total. The summed E-state index contributed by atoms with van der Waals surface area (Å²) in [6.45, 7) is 0. The lowest BCUT2D eigenvalue weighted by Crippen LogP contribution is -2.10. The second-order valence-corrected chi connectivity index (χ2v) is 6.12. The standard InChI is InChI=1S/C13H12N2O4S2/c1-21(19)15-10-4-2-3-9(6-10)14-12(16)11-5-8(7-20-11)13(17)18/h2-7,15H,1H3,(H,14,16)(H,17,18). The molecular formula is C13H12N2O4S2. The number of aromatic carboxylic acids is 1. The summed E-state index contributed by atoms with van der Waals surface area (Å²) in [6, 6.07) is 8.09. The van der Waals surface area contributed by atoms with Crippen LogP contribution in [-0.2, 0) is 11.0 Å². The van der Waals surface area contributed by atoms with Crippen LogP contribution in [0, 0.1) is 0 Å². The maximum absolute atomic E-state index is 12.0. The third-order valence-electron chi connectivity index (χ3n) is 2.45. The first-order valence-corrected chi connectivity index (χ1v) is 8.23. The minimum atomic E-state index is -1.20. The van der Waals surface area contributed by atoms with Crippen molar-refractivity contribution in [3.05, 3.63) is 46.2 Å². The average Bonchev–Trinajstić information content (AvgIpc) is 2.88. The number of carbonyl (C=O) groups is 2. The van der Waals surface area contributed by atoms with Crippen molar-refractivity contribution in [1.82, 2.24) is 0 Å². The molecule has 0 spiro atoms. The van der Waals surface area contributed by atoms with E-state index in [1.54, 1.807) is 24.3 Å². The summed E-state index contributed by atoms with van der Waals surface area (Å²) < 4.78 is 13.8. The lowest BCUT2D eigenvalue weighted by molar-refractivity contribution is 0.0697. The Kier molecular flexibility index (Phi) is 4.71. The molecule has 1 unspecified atom stereocenters. The number of carbonyl (C=O) groups excluding carboxylic acids is 1. The van der Waals surface area contributed by atoms with Crippen molar-refractivity contribution in [2.75, 3.05) is 16.3 Å². The van der Waals surface area contributed by atoms with Crippen molar-refractivity contribution in [3.8, 4) is 0 Å². The summed E-state index contributed by atoms with van der Waals surface area (Å²) in [6.07, 6.45) is 1.50. The highest BCUT2D eigenvalue weighted by Gasteiger charge is 2.13. The van der Waals surface area contributed by atoms with Gasteiger partial charge in [0.2, 0.25) is 0 Å². The fourth-order valence-corrected chi connectivity index (χ4v) is 2.82. The molecule has 2 rings (SSSR count). The van der Waals surface area contributed by atoms with Crippen LogP contribution in [0.2, 0.25) is 0 Å². The van der Waals surface area contributed by atoms with E-state index in [9.17, 15) is 13.8 Å². The smallest absolute Gasteiger partial charge is 0.336 e. The molecule has 0 saturated heterocycles. The summed E-state index contributed by atoms with van der Waals surface area (Å²) >= 11 is 1.06. The number of anilines is 2. The Morgan fingerprint density at radius 2 is 1.95 bits per heavy atom. The van der Waals surface area contributed by atoms with E-state index in [0.29, 0.717) is 16.3 Å². The van der Waals surface area contributed by atoms with Gasteiger partial charge in [-0.2, -0.15) is 0 Å². The minimum Gasteiger partial charge on any atom is -0.478 e. The van der Waals surface area contributed by atoms with Gasteiger partial charge in [-0.3, -0.25) is 4.79 Å². The summed E-state index contributed by atoms with van der Waals surface area (Å²) in [4.78, 5) is 23.1. The van der Waals surface area contributed by atoms with Crippen LogP contribution in [0.1, 0.15) is 20.0 Å². The van der Waals surface area contributed by atoms with Crippen LogP contribution < -0.4 is 10.0 Å². The van der Waals surface area contributed by atoms with E-state index in [0.717, 1.165) is 11.3 Å². The molecule has 1 heterocycles. The van der Waals surface area contributed by atoms with E-state index in [-0.39, 0.29) is 11.5 Å². The number of hydrogen-bond donors (Lipinski definition) is 3. The SMILES string of the molecule is CS(=O)Nc1cccc(NC(=O)c2cc(C(=O)O)cs2)c1. The summed E-state index contributed by atoms with van der Waals surface area (Å²) in [7, 11) is -1.20. The Hall–Kier alpha value is -2.19. The summed E-state index contributed by atoms with van der Waals surface area (Å²) in [5.74, 6) is -1.45. The highest BCUT2D eigenvalue weighted by Crippen LogP contribution is 2.19. The number of amides is 1. The number of carboxylic acid groups (broad SMARTS) is 1. The van der Waals surface area contributed by atoms with Gasteiger partial charge in [0, 0.05) is 23.0 Å². The Morgan fingerprint density at radius 3 is 2.57 bits per heavy atom. The highest BCUT2D eigenvalue weighted by atomic mass is 32.2. The number of thiophene rings is 1. The van der Waals surface area contributed by atoms with E-state index in [1.165, 1.54) is 17.7 Å². The van der Waals surface area contributed by atoms with Gasteiger partial charge in [-0.15, -0.1) is 11.3 Å². The van der Waals surface area contributed by atoms with Gasteiger partial charge in [0.1, 0.15) is 11.0 Å². The molecule has 0 aliphatic rings. The number of nitrogens with one attached hydrogen (secondary N) is 2. The first-order chi connectivity index (χ1) is 9.95. The number of rotatable bonds is 5. The molecule has 21 heavy (non-hydrogen) atoms. The van der Waals surface area contributed by atoms with Crippen molar-refractivity contribution in [1.29, 1.82) is 0 Å². The van der Waals surface area contributed by atoms with Crippen molar-refractivity contribution in [2.45, 2.75) is 0 Å². The molecule has 2 aromatic rings. The van der Waals surface area contributed by atoms with Crippen molar-refractivity contribution in [2.24, 2.45) is 0 Å². The van der Waals surface area contributed by atoms with E-state index < -0.39 is 17.0 Å². The normalized spacial score (nSPS) is 11.7. The van der Waals surface area contributed by atoms with Crippen LogP contribution in [-0.4, -0.2) is 27.4 Å². The second-order valence-electron chi connectivity index (χ2n) is 4.10. The van der Waals surface area contributed by atoms with Crippen LogP contribution in [0.25, 0.3) is 0 Å². The second kappa shape index (κ2) is 6.51. The number of carboxylic acids is 1. The van der Waals surface area contributed by atoms with Crippen LogP contribution in [0.5, 0.6) is 0 Å². The van der Waals surface area contributed by atoms with Gasteiger partial charge in [0.15, 0.2) is 0 Å². The van der Waals surface area contributed by atoms with Crippen molar-refractivity contribution in [3.63, 3.8) is 0 Å². The molecule has 1 aromatic carbocycles. The topological polar surface area (TPSA) is 95.5 Å². The van der Waals surface area contributed by atoms with E-state index in [1.807, 2.05) is 0 Å². The zero-order valence-corrected chi connectivity index (χ0v) is 12.6. The molecule has 0 bridgehead atoms. The maximum atomic E-state index is 12.0. The maximum Gasteiger partial charge on any atom is 0.336 e. The molecule has 1 atom stereocenters. The summed E-state index contributed by atoms with van der Waals surface area (Å²) in [5.41, 5.74) is 1.23. The molecule has 1 aromatic heterocycles. The molecular weight excluding hydrogens is 312 g/mol. The van der Waals surface area contributed by atoms with Crippen molar-refractivity contribution >= 4 is 45.6 Å². The number of hydrogen-bond acceptors (Lipinski definition) is 4. The Morgan fingerprint density at radius 1 is 1.24 bits per heavy atom. The predicted octanol–water partition coefficient (Wildman–Crippen LogP) is 2.40. The zero-order valence-electron chi connectivity index (χ0n) is 11.0. The van der Waals surface area contributed by atoms with Gasteiger partial charge >= 0.3 is 5.97 Å². The molecule has 8 heteroatoms. The highest BCUT2D eigenvalue weighted by molar-refractivity contribution is 7.85. The van der Waals surface area contributed by atoms with Gasteiger partial charge in [-0.1, -0.05) is 6.07 Å². The third kappa shape index (κ3) is 4.14. The van der Waals surface area contributed by atoms with E-state index in [2.05, 4.69) is 10.0 Å². The van der Waals surface area contributed by atoms with Gasteiger partial charge in [-0.25, -0.2) is 9.00 Å². The van der Waals surface area contributed by atoms with Crippen LogP contribution in [0.3, 0.4) is 0 Å². The number of benzene rings is 1. The van der Waals surface area contributed by atoms with Crippen LogP contribution in [0.4, 0.5) is 11.4 Å². The molecule has 110 valence electrons. The Balaban J connectivity index is 2.11. The van der Waals surface area contributed by atoms with Gasteiger partial charge < -0.3 is 15.1 Å². The minimum absolute atomic E-state index is 0.0851. The Labute approximate surface area is 127 Å². The fraction of sp³-hybridized carbons (Fsp3) is 0.0769. The molecule has 1 amide bonds. The molecule has 0 fully saturated rings. The first-order valence-electron chi connectivity index (χ1n) is 5.79. The van der Waals surface area contributed by atoms with Crippen LogP contribution in [0.15, 0.2) is 35.7 Å². The molecule has 6 nitrogen and oxygen atoms in total. The van der Waals surface area contributed by atoms with Gasteiger partial charge in [-0.05, 0) is 24.3 Å². The largest absolute Gasteiger partial charge is 0.478 e. The summed E-state index contributed by atoms with van der Waals surface area (Å²) in [5, 5.41) is 12.9. The third-order valence-corrected chi connectivity index (χ3v) is 3.90. The molecule has 0 aliphatic carbocycles. The molecule has 0 radical (unpaired) electrons. The van der Waals surface area contributed by atoms with E-state index in [4.69, 9.17) is 5.11 Å². The van der Waals surface area contributed by atoms with Crippen LogP contribution >= 0.6 is 11.3 Å². The van der Waals surface area contributed by atoms with Gasteiger partial charge in [0.05, 0.1) is 10.4 Å². The lowest BCUT2D eigenvalue weighted by atomic mass is 10.2. The zero-order chi connectivity index (χ0) is 15.4.